The van der Waals surface area contributed by atoms with Crippen LogP contribution in [0.5, 0.6) is 0 Å². The van der Waals surface area contributed by atoms with Crippen molar-refractivity contribution in [2.75, 3.05) is 24.6 Å². The number of aliphatic hydroxyl groups excluding tert-OH is 1. The highest BCUT2D eigenvalue weighted by Crippen LogP contribution is 2.31. The Kier molecular flexibility index (Phi) is 5.39. The van der Waals surface area contributed by atoms with Crippen LogP contribution in [0, 0.1) is 15.9 Å². The Hall–Kier alpha value is -2.22. The van der Waals surface area contributed by atoms with Gasteiger partial charge in [-0.3, -0.25) is 10.1 Å². The lowest BCUT2D eigenvalue weighted by atomic mass is 10.1. The number of hydrogen-bond acceptors (Lipinski definition) is 5. The van der Waals surface area contributed by atoms with Crippen molar-refractivity contribution in [2.24, 2.45) is 0 Å². The minimum Gasteiger partial charge on any atom is -0.478 e. The van der Waals surface area contributed by atoms with E-state index in [4.69, 9.17) is 10.2 Å². The standard InChI is InChI=1S/C12H15FN2O5/c1-2-14(4-3-5-16)10-7-9(13)8(12(17)18)6-11(10)15(19)20/h6-7,16H,2-5H2,1H3,(H,17,18). The van der Waals surface area contributed by atoms with E-state index in [1.165, 1.54) is 4.90 Å². The third-order valence-electron chi connectivity index (χ3n) is 2.80. The van der Waals surface area contributed by atoms with E-state index in [1.807, 2.05) is 0 Å². The molecular formula is C12H15FN2O5. The molecule has 0 fully saturated rings. The second-order valence-electron chi connectivity index (χ2n) is 4.04. The summed E-state index contributed by atoms with van der Waals surface area (Å²) >= 11 is 0. The Bertz CT molecular complexity index is 521. The highest BCUT2D eigenvalue weighted by molar-refractivity contribution is 5.90. The Morgan fingerprint density at radius 2 is 2.15 bits per heavy atom. The number of nitro benzene ring substituents is 1. The van der Waals surface area contributed by atoms with Crippen molar-refractivity contribution < 1.29 is 24.3 Å². The maximum absolute atomic E-state index is 13.7. The predicted octanol–water partition coefficient (Wildman–Crippen LogP) is 1.64. The maximum Gasteiger partial charge on any atom is 0.338 e. The van der Waals surface area contributed by atoms with Gasteiger partial charge in [0.25, 0.3) is 5.69 Å². The summed E-state index contributed by atoms with van der Waals surface area (Å²) in [7, 11) is 0. The van der Waals surface area contributed by atoms with E-state index < -0.39 is 28.0 Å². The average Bonchev–Trinajstić information content (AvgIpc) is 2.38. The molecule has 8 heteroatoms. The SMILES string of the molecule is CCN(CCCO)c1cc(F)c(C(=O)O)cc1[N+](=O)[O-]. The van der Waals surface area contributed by atoms with Crippen LogP contribution in [0.25, 0.3) is 0 Å². The zero-order valence-corrected chi connectivity index (χ0v) is 10.9. The number of carboxylic acids is 1. The number of nitro groups is 1. The molecular weight excluding hydrogens is 271 g/mol. The predicted molar refractivity (Wildman–Crippen MR) is 69.6 cm³/mol. The number of rotatable bonds is 7. The zero-order chi connectivity index (χ0) is 15.3. The van der Waals surface area contributed by atoms with E-state index in [-0.39, 0.29) is 12.3 Å². The van der Waals surface area contributed by atoms with Gasteiger partial charge in [0.1, 0.15) is 17.1 Å². The molecule has 2 N–H and O–H groups in total. The van der Waals surface area contributed by atoms with Crippen molar-refractivity contribution in [2.45, 2.75) is 13.3 Å². The number of halogens is 1. The van der Waals surface area contributed by atoms with Crippen LogP contribution in [0.4, 0.5) is 15.8 Å². The number of anilines is 1. The highest BCUT2D eigenvalue weighted by Gasteiger charge is 2.24. The Morgan fingerprint density at radius 3 is 2.60 bits per heavy atom. The van der Waals surface area contributed by atoms with Crippen molar-refractivity contribution in [3.05, 3.63) is 33.6 Å². The molecule has 0 aliphatic carbocycles. The fourth-order valence-electron chi connectivity index (χ4n) is 1.83. The molecule has 0 saturated heterocycles. The van der Waals surface area contributed by atoms with Gasteiger partial charge in [-0.2, -0.15) is 0 Å². The van der Waals surface area contributed by atoms with Crippen molar-refractivity contribution in [1.29, 1.82) is 0 Å². The van der Waals surface area contributed by atoms with Gasteiger partial charge in [0, 0.05) is 31.8 Å². The number of carboxylic acid groups (broad SMARTS) is 1. The summed E-state index contributed by atoms with van der Waals surface area (Å²) in [5.41, 5.74) is -1.20. The fraction of sp³-hybridized carbons (Fsp3) is 0.417. The first-order valence-corrected chi connectivity index (χ1v) is 5.99. The van der Waals surface area contributed by atoms with Crippen LogP contribution in [0.1, 0.15) is 23.7 Å². The number of hydrogen-bond donors (Lipinski definition) is 2. The summed E-state index contributed by atoms with van der Waals surface area (Å²) in [6.45, 7) is 2.30. The first kappa shape index (κ1) is 15.8. The maximum atomic E-state index is 13.7. The lowest BCUT2D eigenvalue weighted by molar-refractivity contribution is -0.384. The van der Waals surface area contributed by atoms with Crippen molar-refractivity contribution >= 4 is 17.3 Å². The number of aromatic carboxylic acids is 1. The molecule has 0 unspecified atom stereocenters. The lowest BCUT2D eigenvalue weighted by Crippen LogP contribution is -2.26. The Morgan fingerprint density at radius 1 is 1.50 bits per heavy atom. The average molecular weight is 286 g/mol. The summed E-state index contributed by atoms with van der Waals surface area (Å²) in [4.78, 5) is 22.6. The van der Waals surface area contributed by atoms with Crippen LogP contribution >= 0.6 is 0 Å². The third-order valence-corrected chi connectivity index (χ3v) is 2.80. The minimum absolute atomic E-state index is 0.00782. The van der Waals surface area contributed by atoms with Gasteiger partial charge in [0.15, 0.2) is 0 Å². The molecule has 0 bridgehead atoms. The van der Waals surface area contributed by atoms with E-state index in [2.05, 4.69) is 0 Å². The molecule has 0 radical (unpaired) electrons. The molecule has 0 atom stereocenters. The Balaban J connectivity index is 3.33. The van der Waals surface area contributed by atoms with Gasteiger partial charge in [-0.1, -0.05) is 0 Å². The molecule has 0 aliphatic heterocycles. The number of carbonyl (C=O) groups is 1. The van der Waals surface area contributed by atoms with Gasteiger partial charge in [-0.25, -0.2) is 9.18 Å². The molecule has 110 valence electrons. The molecule has 7 nitrogen and oxygen atoms in total. The monoisotopic (exact) mass is 286 g/mol. The quantitative estimate of drug-likeness (QED) is 0.583. The van der Waals surface area contributed by atoms with E-state index >= 15 is 0 Å². The normalized spacial score (nSPS) is 10.3. The first-order valence-electron chi connectivity index (χ1n) is 5.99. The van der Waals surface area contributed by atoms with Gasteiger partial charge in [0.2, 0.25) is 0 Å². The van der Waals surface area contributed by atoms with Crippen molar-refractivity contribution in [3.63, 3.8) is 0 Å². The van der Waals surface area contributed by atoms with Crippen LogP contribution in [0.2, 0.25) is 0 Å². The largest absolute Gasteiger partial charge is 0.478 e. The van der Waals surface area contributed by atoms with Crippen LogP contribution in [0.15, 0.2) is 12.1 Å². The molecule has 1 aromatic rings. The highest BCUT2D eigenvalue weighted by atomic mass is 19.1. The molecule has 0 aromatic heterocycles. The molecule has 0 heterocycles. The Labute approximate surface area is 114 Å². The second-order valence-corrected chi connectivity index (χ2v) is 4.04. The molecule has 0 spiro atoms. The third kappa shape index (κ3) is 3.41. The van der Waals surface area contributed by atoms with Crippen LogP contribution in [-0.4, -0.2) is 40.8 Å². The number of benzene rings is 1. The molecule has 20 heavy (non-hydrogen) atoms. The van der Waals surface area contributed by atoms with Crippen molar-refractivity contribution in [3.8, 4) is 0 Å². The number of aliphatic hydroxyl groups is 1. The van der Waals surface area contributed by atoms with E-state index in [1.54, 1.807) is 6.92 Å². The number of nitrogens with zero attached hydrogens (tertiary/aromatic N) is 2. The van der Waals surface area contributed by atoms with Gasteiger partial charge < -0.3 is 15.1 Å². The van der Waals surface area contributed by atoms with E-state index in [9.17, 15) is 19.3 Å². The van der Waals surface area contributed by atoms with Gasteiger partial charge in [-0.05, 0) is 13.3 Å². The topological polar surface area (TPSA) is 104 Å². The summed E-state index contributed by atoms with van der Waals surface area (Å²) in [5.74, 6) is -2.59. The smallest absolute Gasteiger partial charge is 0.338 e. The summed E-state index contributed by atoms with van der Waals surface area (Å²) in [6, 6.07) is 1.57. The minimum atomic E-state index is -1.56. The zero-order valence-electron chi connectivity index (χ0n) is 10.9. The summed E-state index contributed by atoms with van der Waals surface area (Å²) in [5, 5.41) is 28.6. The van der Waals surface area contributed by atoms with Crippen LogP contribution < -0.4 is 4.90 Å². The first-order chi connectivity index (χ1) is 9.42. The fourth-order valence-corrected chi connectivity index (χ4v) is 1.83. The van der Waals surface area contributed by atoms with Gasteiger partial charge >= 0.3 is 5.97 Å². The van der Waals surface area contributed by atoms with Gasteiger partial charge in [0.05, 0.1) is 4.92 Å². The van der Waals surface area contributed by atoms with E-state index in [0.29, 0.717) is 25.6 Å². The second kappa shape index (κ2) is 6.80. The molecule has 0 aliphatic rings. The summed E-state index contributed by atoms with van der Waals surface area (Å²) < 4.78 is 13.7. The van der Waals surface area contributed by atoms with Crippen LogP contribution in [-0.2, 0) is 0 Å². The molecule has 0 saturated carbocycles. The molecule has 0 amide bonds. The van der Waals surface area contributed by atoms with E-state index in [0.717, 1.165) is 6.07 Å². The summed E-state index contributed by atoms with van der Waals surface area (Å²) in [6.07, 6.45) is 0.368. The van der Waals surface area contributed by atoms with Crippen molar-refractivity contribution in [1.82, 2.24) is 0 Å². The molecule has 1 rings (SSSR count). The lowest BCUT2D eigenvalue weighted by Gasteiger charge is -2.22. The van der Waals surface area contributed by atoms with Crippen LogP contribution in [0.3, 0.4) is 0 Å². The van der Waals surface area contributed by atoms with Gasteiger partial charge in [-0.15, -0.1) is 0 Å². The molecule has 1 aromatic carbocycles.